The Morgan fingerprint density at radius 1 is 0.769 bits per heavy atom. The van der Waals surface area contributed by atoms with Crippen LogP contribution >= 0.6 is 0 Å². The molecule has 4 rings (SSSR count). The summed E-state index contributed by atoms with van der Waals surface area (Å²) in [6, 6.07) is 12.0. The van der Waals surface area contributed by atoms with E-state index in [2.05, 4.69) is 6.92 Å². The molecule has 212 valence electrons. The highest BCUT2D eigenvalue weighted by Crippen LogP contribution is 2.32. The highest BCUT2D eigenvalue weighted by molar-refractivity contribution is 5.84. The molecule has 3 aromatic rings. The molecule has 0 amide bonds. The molecule has 0 saturated carbocycles. The molecular formula is C32H37F5O2. The van der Waals surface area contributed by atoms with Crippen LogP contribution in [0.25, 0.3) is 10.8 Å². The molecule has 1 fully saturated rings. The summed E-state index contributed by atoms with van der Waals surface area (Å²) in [6.45, 7) is 3.70. The molecule has 0 aliphatic carbocycles. The fourth-order valence-electron chi connectivity index (χ4n) is 5.20. The highest BCUT2D eigenvalue weighted by Gasteiger charge is 2.33. The molecule has 1 saturated heterocycles. The van der Waals surface area contributed by atoms with Gasteiger partial charge in [-0.1, -0.05) is 75.4 Å². The molecule has 0 aromatic heterocycles. The van der Waals surface area contributed by atoms with Crippen molar-refractivity contribution in [3.8, 4) is 0 Å². The Balaban J connectivity index is 1.27. The van der Waals surface area contributed by atoms with E-state index in [-0.39, 0.29) is 24.9 Å². The quantitative estimate of drug-likeness (QED) is 0.166. The van der Waals surface area contributed by atoms with Gasteiger partial charge in [-0.3, -0.25) is 0 Å². The van der Waals surface area contributed by atoms with Crippen molar-refractivity contribution in [1.82, 2.24) is 0 Å². The summed E-state index contributed by atoms with van der Waals surface area (Å²) in [6.07, 6.45) is 4.53. The minimum atomic E-state index is -4.74. The van der Waals surface area contributed by atoms with Crippen molar-refractivity contribution in [3.05, 3.63) is 82.4 Å². The molecule has 0 N–H and O–H groups in total. The van der Waals surface area contributed by atoms with Gasteiger partial charge in [0.1, 0.15) is 11.6 Å². The topological polar surface area (TPSA) is 18.5 Å². The van der Waals surface area contributed by atoms with E-state index in [1.54, 1.807) is 12.1 Å². The van der Waals surface area contributed by atoms with Gasteiger partial charge in [-0.2, -0.15) is 13.2 Å². The molecule has 1 aliphatic rings. The summed E-state index contributed by atoms with van der Waals surface area (Å²) in [7, 11) is 0. The molecule has 3 aromatic carbocycles. The standard InChI is InChI=1S/C32H37F5O2/c1-2-3-4-5-6-7-24-20-38-30(39-21-24)17-11-22-9-15-27-26(18-22)14-13-25(31(27)34)12-8-23-10-16-28(29(33)19-23)32(35,36)37/h9-10,13-16,18-19,24,30H,2-8,11-12,17,20-21H2,1H3. The maximum Gasteiger partial charge on any atom is 0.419 e. The van der Waals surface area contributed by atoms with Gasteiger partial charge in [-0.05, 0) is 59.9 Å². The average Bonchev–Trinajstić information content (AvgIpc) is 2.91. The molecule has 0 atom stereocenters. The van der Waals surface area contributed by atoms with Crippen molar-refractivity contribution in [3.63, 3.8) is 0 Å². The first-order chi connectivity index (χ1) is 18.7. The minimum Gasteiger partial charge on any atom is -0.352 e. The zero-order chi connectivity index (χ0) is 27.8. The monoisotopic (exact) mass is 548 g/mol. The van der Waals surface area contributed by atoms with Crippen LogP contribution in [-0.4, -0.2) is 19.5 Å². The lowest BCUT2D eigenvalue weighted by Gasteiger charge is -2.29. The fourth-order valence-corrected chi connectivity index (χ4v) is 5.20. The van der Waals surface area contributed by atoms with Gasteiger partial charge in [0.25, 0.3) is 0 Å². The molecule has 1 heterocycles. The van der Waals surface area contributed by atoms with Crippen molar-refractivity contribution in [2.45, 2.75) is 83.6 Å². The van der Waals surface area contributed by atoms with Crippen LogP contribution in [0.2, 0.25) is 0 Å². The summed E-state index contributed by atoms with van der Waals surface area (Å²) < 4.78 is 79.3. The second kappa shape index (κ2) is 13.7. The minimum absolute atomic E-state index is 0.216. The Morgan fingerprint density at radius 3 is 2.21 bits per heavy atom. The molecule has 0 spiro atoms. The number of hydrogen-bond acceptors (Lipinski definition) is 2. The van der Waals surface area contributed by atoms with E-state index in [1.165, 1.54) is 38.2 Å². The number of aryl methyl sites for hydroxylation is 3. The summed E-state index contributed by atoms with van der Waals surface area (Å²) in [5.41, 5.74) is 0.610. The number of unbranched alkanes of at least 4 members (excludes halogenated alkanes) is 4. The summed E-state index contributed by atoms with van der Waals surface area (Å²) >= 11 is 0. The summed E-state index contributed by atoms with van der Waals surface area (Å²) in [5.74, 6) is -1.20. The zero-order valence-corrected chi connectivity index (χ0v) is 22.5. The van der Waals surface area contributed by atoms with Crippen LogP contribution in [0, 0.1) is 17.6 Å². The summed E-state index contributed by atoms with van der Waals surface area (Å²) in [5, 5.41) is 1.27. The van der Waals surface area contributed by atoms with Crippen molar-refractivity contribution in [2.24, 2.45) is 5.92 Å². The highest BCUT2D eigenvalue weighted by atomic mass is 19.4. The van der Waals surface area contributed by atoms with Crippen LogP contribution in [0.3, 0.4) is 0 Å². The first-order valence-corrected chi connectivity index (χ1v) is 14.0. The van der Waals surface area contributed by atoms with Gasteiger partial charge in [0.15, 0.2) is 6.29 Å². The number of hydrogen-bond donors (Lipinski definition) is 0. The molecule has 0 radical (unpaired) electrons. The van der Waals surface area contributed by atoms with Gasteiger partial charge < -0.3 is 9.47 Å². The molecule has 0 unspecified atom stereocenters. The van der Waals surface area contributed by atoms with E-state index in [4.69, 9.17) is 9.47 Å². The maximum absolute atomic E-state index is 15.2. The lowest BCUT2D eigenvalue weighted by molar-refractivity contribution is -0.203. The Kier molecular flexibility index (Phi) is 10.4. The number of alkyl halides is 3. The normalized spacial score (nSPS) is 18.1. The van der Waals surface area contributed by atoms with Gasteiger partial charge in [-0.25, -0.2) is 8.78 Å². The van der Waals surface area contributed by atoms with Crippen LogP contribution in [0.5, 0.6) is 0 Å². The van der Waals surface area contributed by atoms with Crippen LogP contribution in [0.15, 0.2) is 48.5 Å². The number of ether oxygens (including phenoxy) is 2. The van der Waals surface area contributed by atoms with Crippen LogP contribution in [-0.2, 0) is 34.9 Å². The number of halogens is 5. The smallest absolute Gasteiger partial charge is 0.352 e. The lowest BCUT2D eigenvalue weighted by atomic mass is 9.97. The third-order valence-corrected chi connectivity index (χ3v) is 7.54. The summed E-state index contributed by atoms with van der Waals surface area (Å²) in [4.78, 5) is 0. The second-order valence-corrected chi connectivity index (χ2v) is 10.6. The van der Waals surface area contributed by atoms with Crippen molar-refractivity contribution in [1.29, 1.82) is 0 Å². The maximum atomic E-state index is 15.2. The molecule has 1 aliphatic heterocycles. The molecule has 2 nitrogen and oxygen atoms in total. The van der Waals surface area contributed by atoms with Gasteiger partial charge >= 0.3 is 6.18 Å². The Labute approximate surface area is 227 Å². The Morgan fingerprint density at radius 2 is 1.49 bits per heavy atom. The zero-order valence-electron chi connectivity index (χ0n) is 22.5. The van der Waals surface area contributed by atoms with E-state index < -0.39 is 17.6 Å². The van der Waals surface area contributed by atoms with Crippen LogP contribution in [0.4, 0.5) is 22.0 Å². The number of benzene rings is 3. The predicted octanol–water partition coefficient (Wildman–Crippen LogP) is 9.20. The van der Waals surface area contributed by atoms with E-state index in [9.17, 15) is 17.6 Å². The van der Waals surface area contributed by atoms with Gasteiger partial charge in [0.05, 0.1) is 18.8 Å². The SMILES string of the molecule is CCCCCCCC1COC(CCc2ccc3c(F)c(CCc4ccc(C(F)(F)F)c(F)c4)ccc3c2)OC1. The van der Waals surface area contributed by atoms with Gasteiger partial charge in [0.2, 0.25) is 0 Å². The lowest BCUT2D eigenvalue weighted by Crippen LogP contribution is -2.32. The number of rotatable bonds is 12. The van der Waals surface area contributed by atoms with E-state index >= 15 is 4.39 Å². The van der Waals surface area contributed by atoms with Gasteiger partial charge in [-0.15, -0.1) is 0 Å². The molecular weight excluding hydrogens is 511 g/mol. The predicted molar refractivity (Wildman–Crippen MR) is 144 cm³/mol. The van der Waals surface area contributed by atoms with Crippen LogP contribution in [0.1, 0.15) is 74.1 Å². The van der Waals surface area contributed by atoms with Crippen molar-refractivity contribution in [2.75, 3.05) is 13.2 Å². The Bertz CT molecular complexity index is 1220. The van der Waals surface area contributed by atoms with Crippen molar-refractivity contribution < 1.29 is 31.4 Å². The third-order valence-electron chi connectivity index (χ3n) is 7.54. The molecule has 0 bridgehead atoms. The first-order valence-electron chi connectivity index (χ1n) is 14.0. The molecule has 7 heteroatoms. The first kappa shape index (κ1) is 29.5. The van der Waals surface area contributed by atoms with E-state index in [0.29, 0.717) is 22.4 Å². The largest absolute Gasteiger partial charge is 0.419 e. The average molecular weight is 549 g/mol. The van der Waals surface area contributed by atoms with Crippen molar-refractivity contribution >= 4 is 10.8 Å². The van der Waals surface area contributed by atoms with E-state index in [1.807, 2.05) is 18.2 Å². The Hall–Kier alpha value is -2.51. The third kappa shape index (κ3) is 8.24. The second-order valence-electron chi connectivity index (χ2n) is 10.6. The van der Waals surface area contributed by atoms with Gasteiger partial charge in [0, 0.05) is 17.7 Å². The molecule has 39 heavy (non-hydrogen) atoms. The number of fused-ring (bicyclic) bond motifs is 1. The fraction of sp³-hybridized carbons (Fsp3) is 0.500. The van der Waals surface area contributed by atoms with Crippen LogP contribution < -0.4 is 0 Å². The van der Waals surface area contributed by atoms with E-state index in [0.717, 1.165) is 55.6 Å².